The van der Waals surface area contributed by atoms with Crippen LogP contribution in [-0.2, 0) is 9.53 Å². The van der Waals surface area contributed by atoms with E-state index in [1.54, 1.807) is 13.0 Å². The number of carboxylic acid groups (broad SMARTS) is 1. The minimum absolute atomic E-state index is 0.0897. The van der Waals surface area contributed by atoms with E-state index in [2.05, 4.69) is 0 Å². The number of carbonyl (C=O) groups is 2. The number of cyclic esters (lactones) is 1. The van der Waals surface area contributed by atoms with Gasteiger partial charge in [-0.25, -0.2) is 4.79 Å². The van der Waals surface area contributed by atoms with Crippen LogP contribution in [0.15, 0.2) is 24.3 Å². The summed E-state index contributed by atoms with van der Waals surface area (Å²) in [5.74, 6) is -0.950. The lowest BCUT2D eigenvalue weighted by Crippen LogP contribution is -2.46. The van der Waals surface area contributed by atoms with Crippen LogP contribution in [-0.4, -0.2) is 29.3 Å². The van der Waals surface area contributed by atoms with Crippen molar-refractivity contribution in [3.05, 3.63) is 29.8 Å². The quantitative estimate of drug-likeness (QED) is 0.891. The van der Waals surface area contributed by atoms with Gasteiger partial charge in [-0.2, -0.15) is 0 Å². The SMILES string of the molecule is Cc1ccccc1N1C(=O)OCC1(C)CC(=O)O. The van der Waals surface area contributed by atoms with Crippen LogP contribution in [0.3, 0.4) is 0 Å². The molecule has 18 heavy (non-hydrogen) atoms. The number of aryl methyl sites for hydroxylation is 1. The Kier molecular flexibility index (Phi) is 2.98. The molecule has 1 unspecified atom stereocenters. The lowest BCUT2D eigenvalue weighted by molar-refractivity contribution is -0.138. The summed E-state index contributed by atoms with van der Waals surface area (Å²) >= 11 is 0. The number of aliphatic carboxylic acids is 1. The van der Waals surface area contributed by atoms with E-state index in [1.807, 2.05) is 25.1 Å². The second-order valence-electron chi connectivity index (χ2n) is 4.74. The predicted octanol–water partition coefficient (Wildman–Crippen LogP) is 2.19. The minimum Gasteiger partial charge on any atom is -0.481 e. The highest BCUT2D eigenvalue weighted by molar-refractivity contribution is 5.93. The first-order valence-corrected chi connectivity index (χ1v) is 5.68. The molecule has 1 amide bonds. The molecule has 2 rings (SSSR count). The van der Waals surface area contributed by atoms with Gasteiger partial charge in [-0.15, -0.1) is 0 Å². The van der Waals surface area contributed by atoms with Crippen molar-refractivity contribution in [3.8, 4) is 0 Å². The van der Waals surface area contributed by atoms with E-state index in [1.165, 1.54) is 4.90 Å². The third-order valence-electron chi connectivity index (χ3n) is 3.12. The van der Waals surface area contributed by atoms with Gasteiger partial charge in [0.05, 0.1) is 17.6 Å². The zero-order valence-corrected chi connectivity index (χ0v) is 10.3. The number of nitrogens with zero attached hydrogens (tertiary/aromatic N) is 1. The van der Waals surface area contributed by atoms with Gasteiger partial charge in [0.2, 0.25) is 0 Å². The zero-order chi connectivity index (χ0) is 13.3. The Balaban J connectivity index is 2.42. The third kappa shape index (κ3) is 2.03. The van der Waals surface area contributed by atoms with Gasteiger partial charge in [-0.1, -0.05) is 18.2 Å². The largest absolute Gasteiger partial charge is 0.481 e. The summed E-state index contributed by atoms with van der Waals surface area (Å²) < 4.78 is 5.02. The summed E-state index contributed by atoms with van der Waals surface area (Å²) in [6.07, 6.45) is -0.638. The topological polar surface area (TPSA) is 66.8 Å². The van der Waals surface area contributed by atoms with Crippen LogP contribution in [0.25, 0.3) is 0 Å². The molecule has 1 saturated heterocycles. The summed E-state index contributed by atoms with van der Waals surface area (Å²) in [5.41, 5.74) is 0.770. The van der Waals surface area contributed by atoms with Crippen molar-refractivity contribution in [1.29, 1.82) is 0 Å². The molecule has 0 bridgehead atoms. The Morgan fingerprint density at radius 1 is 1.50 bits per heavy atom. The highest BCUT2D eigenvalue weighted by atomic mass is 16.6. The van der Waals surface area contributed by atoms with Crippen molar-refractivity contribution in [2.24, 2.45) is 0 Å². The van der Waals surface area contributed by atoms with Gasteiger partial charge in [-0.3, -0.25) is 9.69 Å². The first kappa shape index (κ1) is 12.4. The number of carbonyl (C=O) groups excluding carboxylic acids is 1. The molecule has 1 aliphatic heterocycles. The lowest BCUT2D eigenvalue weighted by atomic mass is 9.96. The molecule has 1 N–H and O–H groups in total. The third-order valence-corrected chi connectivity index (χ3v) is 3.12. The molecular weight excluding hydrogens is 234 g/mol. The van der Waals surface area contributed by atoms with Crippen molar-refractivity contribution in [2.45, 2.75) is 25.8 Å². The maximum absolute atomic E-state index is 11.8. The number of amides is 1. The van der Waals surface area contributed by atoms with Crippen molar-refractivity contribution >= 4 is 17.7 Å². The van der Waals surface area contributed by atoms with Crippen molar-refractivity contribution in [3.63, 3.8) is 0 Å². The van der Waals surface area contributed by atoms with Gasteiger partial charge in [0.15, 0.2) is 0 Å². The smallest absolute Gasteiger partial charge is 0.415 e. The Bertz CT molecular complexity index is 500. The number of hydrogen-bond acceptors (Lipinski definition) is 3. The minimum atomic E-state index is -0.950. The molecule has 96 valence electrons. The molecule has 1 aromatic rings. The molecule has 1 heterocycles. The van der Waals surface area contributed by atoms with E-state index in [-0.39, 0.29) is 13.0 Å². The Hall–Kier alpha value is -2.04. The number of para-hydroxylation sites is 1. The van der Waals surface area contributed by atoms with Crippen LogP contribution in [0, 0.1) is 6.92 Å². The van der Waals surface area contributed by atoms with Crippen LogP contribution in [0.2, 0.25) is 0 Å². The zero-order valence-electron chi connectivity index (χ0n) is 10.3. The van der Waals surface area contributed by atoms with E-state index in [0.29, 0.717) is 5.69 Å². The Morgan fingerprint density at radius 3 is 2.78 bits per heavy atom. The summed E-state index contributed by atoms with van der Waals surface area (Å²) in [4.78, 5) is 24.2. The van der Waals surface area contributed by atoms with Crippen molar-refractivity contribution in [2.75, 3.05) is 11.5 Å². The molecule has 0 aliphatic carbocycles. The fourth-order valence-corrected chi connectivity index (χ4v) is 2.23. The van der Waals surface area contributed by atoms with Crippen LogP contribution in [0.5, 0.6) is 0 Å². The van der Waals surface area contributed by atoms with E-state index in [0.717, 1.165) is 5.56 Å². The Morgan fingerprint density at radius 2 is 2.17 bits per heavy atom. The molecule has 0 saturated carbocycles. The van der Waals surface area contributed by atoms with Gasteiger partial charge in [-0.05, 0) is 25.5 Å². The average molecular weight is 249 g/mol. The van der Waals surface area contributed by atoms with E-state index in [4.69, 9.17) is 9.84 Å². The molecule has 1 atom stereocenters. The normalized spacial score (nSPS) is 23.0. The van der Waals surface area contributed by atoms with Gasteiger partial charge >= 0.3 is 12.1 Å². The number of anilines is 1. The highest BCUT2D eigenvalue weighted by Gasteiger charge is 2.46. The second kappa shape index (κ2) is 4.33. The number of ether oxygens (including phenoxy) is 1. The summed E-state index contributed by atoms with van der Waals surface area (Å²) in [7, 11) is 0. The van der Waals surface area contributed by atoms with Crippen LogP contribution in [0.1, 0.15) is 18.9 Å². The maximum Gasteiger partial charge on any atom is 0.415 e. The number of carboxylic acids is 1. The maximum atomic E-state index is 11.8. The fraction of sp³-hybridized carbons (Fsp3) is 0.385. The van der Waals surface area contributed by atoms with Crippen LogP contribution in [0.4, 0.5) is 10.5 Å². The predicted molar refractivity (Wildman–Crippen MR) is 65.7 cm³/mol. The summed E-state index contributed by atoms with van der Waals surface area (Å²) in [5, 5.41) is 8.97. The highest BCUT2D eigenvalue weighted by Crippen LogP contribution is 2.34. The van der Waals surface area contributed by atoms with Crippen LogP contribution >= 0.6 is 0 Å². The average Bonchev–Trinajstić information content (AvgIpc) is 2.55. The lowest BCUT2D eigenvalue weighted by Gasteiger charge is -2.31. The first-order chi connectivity index (χ1) is 8.44. The number of rotatable bonds is 3. The van der Waals surface area contributed by atoms with Gasteiger partial charge in [0, 0.05) is 0 Å². The molecule has 0 aromatic heterocycles. The molecular formula is C13H15NO4. The fourth-order valence-electron chi connectivity index (χ4n) is 2.23. The molecule has 0 radical (unpaired) electrons. The van der Waals surface area contributed by atoms with Crippen LogP contribution < -0.4 is 4.90 Å². The molecule has 1 aliphatic rings. The molecule has 5 heteroatoms. The van der Waals surface area contributed by atoms with Gasteiger partial charge in [0.1, 0.15) is 6.61 Å². The van der Waals surface area contributed by atoms with E-state index in [9.17, 15) is 9.59 Å². The standard InChI is InChI=1S/C13H15NO4/c1-9-5-3-4-6-10(9)14-12(17)18-8-13(14,2)7-11(15)16/h3-6H,7-8H2,1-2H3,(H,15,16). The summed E-state index contributed by atoms with van der Waals surface area (Å²) in [6, 6.07) is 7.36. The van der Waals surface area contributed by atoms with Crippen molar-refractivity contribution in [1.82, 2.24) is 0 Å². The Labute approximate surface area is 105 Å². The number of hydrogen-bond donors (Lipinski definition) is 1. The molecule has 1 aromatic carbocycles. The van der Waals surface area contributed by atoms with Gasteiger partial charge < -0.3 is 9.84 Å². The van der Waals surface area contributed by atoms with Gasteiger partial charge in [0.25, 0.3) is 0 Å². The first-order valence-electron chi connectivity index (χ1n) is 5.68. The summed E-state index contributed by atoms with van der Waals surface area (Å²) in [6.45, 7) is 3.69. The van der Waals surface area contributed by atoms with E-state index < -0.39 is 17.6 Å². The van der Waals surface area contributed by atoms with Crippen molar-refractivity contribution < 1.29 is 19.4 Å². The molecule has 5 nitrogen and oxygen atoms in total. The monoisotopic (exact) mass is 249 g/mol. The molecule has 1 fully saturated rings. The number of benzene rings is 1. The second-order valence-corrected chi connectivity index (χ2v) is 4.74. The molecule has 0 spiro atoms. The van der Waals surface area contributed by atoms with E-state index >= 15 is 0 Å².